The van der Waals surface area contributed by atoms with E-state index in [-0.39, 0.29) is 37.1 Å². The van der Waals surface area contributed by atoms with Crippen LogP contribution in [0.25, 0.3) is 10.9 Å². The van der Waals surface area contributed by atoms with Crippen molar-refractivity contribution in [3.8, 4) is 5.88 Å². The highest BCUT2D eigenvalue weighted by Gasteiger charge is 2.23. The molecular weight excluding hydrogens is 394 g/mol. The summed E-state index contributed by atoms with van der Waals surface area (Å²) in [7, 11) is -3.89. The third-order valence-electron chi connectivity index (χ3n) is 4.55. The van der Waals surface area contributed by atoms with E-state index in [1.807, 2.05) is 25.1 Å². The lowest BCUT2D eigenvalue weighted by molar-refractivity contribution is 0.217. The van der Waals surface area contributed by atoms with E-state index in [2.05, 4.69) is 9.98 Å². The first kappa shape index (κ1) is 21.0. The summed E-state index contributed by atoms with van der Waals surface area (Å²) in [5, 5.41) is 29.3. The third kappa shape index (κ3) is 4.33. The quantitative estimate of drug-likeness (QED) is 0.417. The zero-order valence-corrected chi connectivity index (χ0v) is 16.7. The molecule has 0 bridgehead atoms. The van der Waals surface area contributed by atoms with Crippen LogP contribution >= 0.6 is 0 Å². The summed E-state index contributed by atoms with van der Waals surface area (Å²) in [5.74, 6) is -0.0149. The second-order valence-electron chi connectivity index (χ2n) is 6.49. The van der Waals surface area contributed by atoms with E-state index in [0.29, 0.717) is 11.3 Å². The molecule has 1 heterocycles. The van der Waals surface area contributed by atoms with Gasteiger partial charge in [-0.25, -0.2) is 8.42 Å². The largest absolute Gasteiger partial charge is 0.494 e. The fourth-order valence-corrected chi connectivity index (χ4v) is 4.62. The second kappa shape index (κ2) is 8.75. The highest BCUT2D eigenvalue weighted by atomic mass is 32.2. The first-order chi connectivity index (χ1) is 13.9. The number of aromatic amines is 1. The van der Waals surface area contributed by atoms with Crippen LogP contribution in [0.15, 0.2) is 52.4 Å². The number of aryl methyl sites for hydroxylation is 1. The summed E-state index contributed by atoms with van der Waals surface area (Å²) in [5.41, 5.74) is 2.67. The minimum atomic E-state index is -3.89. The van der Waals surface area contributed by atoms with Crippen LogP contribution in [-0.2, 0) is 10.0 Å². The lowest BCUT2D eigenvalue weighted by atomic mass is 10.1. The molecule has 3 rings (SSSR count). The number of nitrogens with zero attached hydrogens (tertiary/aromatic N) is 2. The third-order valence-corrected chi connectivity index (χ3v) is 6.44. The molecule has 0 amide bonds. The van der Waals surface area contributed by atoms with Crippen molar-refractivity contribution >= 4 is 32.8 Å². The molecule has 154 valence electrons. The van der Waals surface area contributed by atoms with Crippen LogP contribution in [0.1, 0.15) is 11.1 Å². The normalized spacial score (nSPS) is 12.4. The summed E-state index contributed by atoms with van der Waals surface area (Å²) in [6.07, 6.45) is 1.49. The lowest BCUT2D eigenvalue weighted by Crippen LogP contribution is -2.35. The van der Waals surface area contributed by atoms with E-state index in [4.69, 9.17) is 10.2 Å². The highest BCUT2D eigenvalue weighted by molar-refractivity contribution is 7.89. The number of aliphatic hydroxyl groups is 2. The van der Waals surface area contributed by atoms with Gasteiger partial charge in [0.05, 0.1) is 29.4 Å². The number of H-pyrrole nitrogens is 1. The Morgan fingerprint density at radius 1 is 1.10 bits per heavy atom. The van der Waals surface area contributed by atoms with Crippen LogP contribution < -0.4 is 0 Å². The van der Waals surface area contributed by atoms with Gasteiger partial charge in [0.15, 0.2) is 5.88 Å². The van der Waals surface area contributed by atoms with Crippen LogP contribution in [0, 0.1) is 6.92 Å². The van der Waals surface area contributed by atoms with Gasteiger partial charge in [-0.3, -0.25) is 4.99 Å². The van der Waals surface area contributed by atoms with E-state index < -0.39 is 10.0 Å². The van der Waals surface area contributed by atoms with E-state index in [1.165, 1.54) is 18.3 Å². The number of fused-ring (bicyclic) bond motifs is 1. The fraction of sp³-hybridized carbons (Fsp3) is 0.250. The van der Waals surface area contributed by atoms with Crippen molar-refractivity contribution in [2.24, 2.45) is 4.99 Å². The maximum atomic E-state index is 12.8. The van der Waals surface area contributed by atoms with Crippen molar-refractivity contribution in [3.63, 3.8) is 0 Å². The molecule has 1 aromatic heterocycles. The predicted octanol–water partition coefficient (Wildman–Crippen LogP) is 1.91. The summed E-state index contributed by atoms with van der Waals surface area (Å²) in [6, 6.07) is 11.7. The lowest BCUT2D eigenvalue weighted by Gasteiger charge is -2.20. The zero-order valence-electron chi connectivity index (χ0n) is 15.9. The molecule has 8 nitrogen and oxygen atoms in total. The van der Waals surface area contributed by atoms with Crippen LogP contribution in [-0.4, -0.2) is 65.5 Å². The number of benzene rings is 2. The predicted molar refractivity (Wildman–Crippen MR) is 111 cm³/mol. The van der Waals surface area contributed by atoms with Crippen molar-refractivity contribution in [3.05, 3.63) is 53.6 Å². The highest BCUT2D eigenvalue weighted by Crippen LogP contribution is 2.29. The summed E-state index contributed by atoms with van der Waals surface area (Å²) >= 11 is 0. The number of aliphatic imine (C=N–C) groups is 1. The monoisotopic (exact) mass is 417 g/mol. The first-order valence-corrected chi connectivity index (χ1v) is 10.5. The van der Waals surface area contributed by atoms with E-state index in [1.54, 1.807) is 12.1 Å². The van der Waals surface area contributed by atoms with E-state index >= 15 is 0 Å². The maximum absolute atomic E-state index is 12.8. The minimum Gasteiger partial charge on any atom is -0.494 e. The molecule has 2 aromatic carbocycles. The molecule has 0 saturated carbocycles. The molecule has 0 unspecified atom stereocenters. The number of rotatable bonds is 8. The van der Waals surface area contributed by atoms with Crippen LogP contribution in [0.2, 0.25) is 0 Å². The maximum Gasteiger partial charge on any atom is 0.243 e. The average molecular weight is 417 g/mol. The number of hydrogen-bond donors (Lipinski definition) is 4. The summed E-state index contributed by atoms with van der Waals surface area (Å²) in [4.78, 5) is 7.24. The van der Waals surface area contributed by atoms with Gasteiger partial charge in [0.2, 0.25) is 10.0 Å². The Labute approximate surface area is 168 Å². The summed E-state index contributed by atoms with van der Waals surface area (Å²) < 4.78 is 26.6. The Morgan fingerprint density at radius 3 is 2.48 bits per heavy atom. The van der Waals surface area contributed by atoms with Gasteiger partial charge in [0, 0.05) is 30.2 Å². The Balaban J connectivity index is 1.96. The average Bonchev–Trinajstić information content (AvgIpc) is 3.03. The second-order valence-corrected chi connectivity index (χ2v) is 8.43. The molecule has 9 heteroatoms. The molecule has 0 aliphatic rings. The van der Waals surface area contributed by atoms with Crippen molar-refractivity contribution in [1.29, 1.82) is 0 Å². The molecule has 0 aliphatic heterocycles. The van der Waals surface area contributed by atoms with Gasteiger partial charge >= 0.3 is 0 Å². The topological polar surface area (TPSA) is 126 Å². The molecule has 0 spiro atoms. The SMILES string of the molecule is Cc1cccc2[nH]c(O)c(C=Nc3cccc(S(=O)(=O)N(CCO)CCO)c3)c12. The number of aromatic hydroxyl groups is 1. The molecule has 3 aromatic rings. The number of nitrogens with one attached hydrogen (secondary N) is 1. The standard InChI is InChI=1S/C20H23N3O5S/c1-14-4-2-7-18-19(14)17(20(26)22-18)13-21-15-5-3-6-16(12-15)29(27,28)23(8-10-24)9-11-25/h2-7,12-13,22,24-26H,8-11H2,1H3. The molecule has 0 aliphatic carbocycles. The van der Waals surface area contributed by atoms with Gasteiger partial charge in [-0.15, -0.1) is 0 Å². The number of sulfonamides is 1. The first-order valence-electron chi connectivity index (χ1n) is 9.04. The molecule has 0 fully saturated rings. The minimum absolute atomic E-state index is 0.00776. The van der Waals surface area contributed by atoms with Crippen molar-refractivity contribution in [1.82, 2.24) is 9.29 Å². The smallest absolute Gasteiger partial charge is 0.243 e. The van der Waals surface area contributed by atoms with Gasteiger partial charge in [-0.2, -0.15) is 4.31 Å². The Hall–Kier alpha value is -2.72. The fourth-order valence-electron chi connectivity index (χ4n) is 3.16. The van der Waals surface area contributed by atoms with Gasteiger partial charge in [0.25, 0.3) is 0 Å². The van der Waals surface area contributed by atoms with Crippen molar-refractivity contribution in [2.75, 3.05) is 26.3 Å². The number of aromatic nitrogens is 1. The van der Waals surface area contributed by atoms with Crippen LogP contribution in [0.5, 0.6) is 5.88 Å². The molecular formula is C20H23N3O5S. The van der Waals surface area contributed by atoms with E-state index in [0.717, 1.165) is 20.8 Å². The van der Waals surface area contributed by atoms with Gasteiger partial charge in [-0.1, -0.05) is 18.2 Å². The Morgan fingerprint density at radius 2 is 1.79 bits per heavy atom. The molecule has 29 heavy (non-hydrogen) atoms. The summed E-state index contributed by atoms with van der Waals surface area (Å²) in [6.45, 7) is 1.00. The Bertz CT molecular complexity index is 1130. The molecule has 4 N–H and O–H groups in total. The van der Waals surface area contributed by atoms with Crippen LogP contribution in [0.4, 0.5) is 5.69 Å². The number of aliphatic hydroxyl groups excluding tert-OH is 2. The Kier molecular flexibility index (Phi) is 6.33. The van der Waals surface area contributed by atoms with Gasteiger partial charge in [0.1, 0.15) is 0 Å². The number of hydrogen-bond acceptors (Lipinski definition) is 6. The van der Waals surface area contributed by atoms with Crippen molar-refractivity contribution < 1.29 is 23.7 Å². The molecule has 0 atom stereocenters. The zero-order chi connectivity index (χ0) is 21.0. The molecule has 0 saturated heterocycles. The van der Waals surface area contributed by atoms with E-state index in [9.17, 15) is 13.5 Å². The van der Waals surface area contributed by atoms with Crippen LogP contribution in [0.3, 0.4) is 0 Å². The van der Waals surface area contributed by atoms with Crippen molar-refractivity contribution in [2.45, 2.75) is 11.8 Å². The van der Waals surface area contributed by atoms with Gasteiger partial charge < -0.3 is 20.3 Å². The van der Waals surface area contributed by atoms with Gasteiger partial charge in [-0.05, 0) is 36.8 Å². The molecule has 0 radical (unpaired) electrons.